The van der Waals surface area contributed by atoms with Crippen molar-refractivity contribution in [2.45, 2.75) is 178 Å². The Labute approximate surface area is 361 Å². The van der Waals surface area contributed by atoms with Gasteiger partial charge in [-0.2, -0.15) is 0 Å². The molecule has 23 nitrogen and oxygen atoms in total. The van der Waals surface area contributed by atoms with Gasteiger partial charge in [0, 0.05) is 13.6 Å². The molecule has 0 aromatic heterocycles. The second kappa shape index (κ2) is 21.0. The zero-order valence-corrected chi connectivity index (χ0v) is 37.3. The first-order valence-corrected chi connectivity index (χ1v) is 20.4. The monoisotopic (exact) mass is 892 g/mol. The molecule has 356 valence electrons. The number of ether oxygens (including phenoxy) is 7. The van der Waals surface area contributed by atoms with Crippen molar-refractivity contribution in [1.82, 2.24) is 26.2 Å². The van der Waals surface area contributed by atoms with Gasteiger partial charge in [-0.25, -0.2) is 19.2 Å². The maximum absolute atomic E-state index is 13.6. The summed E-state index contributed by atoms with van der Waals surface area (Å²) >= 11 is 0. The number of nitrogens with two attached hydrogens (primary N) is 1. The third-order valence-electron chi connectivity index (χ3n) is 9.57. The molecule has 1 aliphatic carbocycles. The second-order valence-corrected chi connectivity index (χ2v) is 18.7. The van der Waals surface area contributed by atoms with E-state index < -0.39 is 127 Å². The Hall–Kier alpha value is -4.23. The highest BCUT2D eigenvalue weighted by Gasteiger charge is 2.55. The predicted molar refractivity (Wildman–Crippen MR) is 216 cm³/mol. The lowest BCUT2D eigenvalue weighted by Gasteiger charge is -2.50. The summed E-state index contributed by atoms with van der Waals surface area (Å²) in [6.45, 7) is 15.3. The van der Waals surface area contributed by atoms with E-state index in [0.717, 1.165) is 7.05 Å². The number of aliphatic hydroxyl groups excluding tert-OH is 3. The molecule has 12 atom stereocenters. The van der Waals surface area contributed by atoms with E-state index in [1.54, 1.807) is 68.4 Å². The molecular formula is C39H68N6O17. The quantitative estimate of drug-likeness (QED) is 0.110. The fourth-order valence-electron chi connectivity index (χ4n) is 6.97. The molecule has 2 fully saturated rings. The number of carbonyl (C=O) groups is 5. The number of amides is 5. The summed E-state index contributed by atoms with van der Waals surface area (Å²) in [5.74, 6) is -0.727. The van der Waals surface area contributed by atoms with Crippen LogP contribution in [0.5, 0.6) is 0 Å². The zero-order valence-electron chi connectivity index (χ0n) is 37.3. The third kappa shape index (κ3) is 15.5. The van der Waals surface area contributed by atoms with Crippen molar-refractivity contribution >= 4 is 30.3 Å². The number of aliphatic hydroxyl groups is 4. The van der Waals surface area contributed by atoms with Crippen molar-refractivity contribution in [3.05, 3.63) is 11.8 Å². The Morgan fingerprint density at radius 2 is 1.34 bits per heavy atom. The largest absolute Gasteiger partial charge is 0.466 e. The molecule has 62 heavy (non-hydrogen) atoms. The predicted octanol–water partition coefficient (Wildman–Crippen LogP) is 0.104. The fourth-order valence-corrected chi connectivity index (χ4v) is 6.97. The summed E-state index contributed by atoms with van der Waals surface area (Å²) in [4.78, 5) is 64.7. The fraction of sp³-hybridized carbons (Fsp3) is 0.821. The molecular weight excluding hydrogens is 824 g/mol. The minimum atomic E-state index is -1.92. The molecule has 1 unspecified atom stereocenters. The number of carboxylic acid groups (broad SMARTS) is 1. The smallest absolute Gasteiger partial charge is 0.408 e. The lowest BCUT2D eigenvalue weighted by Crippen LogP contribution is -2.70. The van der Waals surface area contributed by atoms with Crippen LogP contribution < -0.4 is 27.0 Å². The molecule has 0 aromatic rings. The van der Waals surface area contributed by atoms with Gasteiger partial charge in [0.25, 0.3) is 0 Å². The number of alkyl carbamates (subject to hydrolysis) is 3. The van der Waals surface area contributed by atoms with Gasteiger partial charge in [0.1, 0.15) is 58.7 Å². The Morgan fingerprint density at radius 1 is 0.839 bits per heavy atom. The van der Waals surface area contributed by atoms with E-state index in [4.69, 9.17) is 38.9 Å². The van der Waals surface area contributed by atoms with E-state index >= 15 is 0 Å². The van der Waals surface area contributed by atoms with E-state index in [0.29, 0.717) is 4.90 Å². The number of carbonyl (C=O) groups excluding carboxylic acids is 4. The molecule has 23 heteroatoms. The van der Waals surface area contributed by atoms with Crippen molar-refractivity contribution in [2.24, 2.45) is 5.73 Å². The molecule has 11 N–H and O–H groups in total. The van der Waals surface area contributed by atoms with Gasteiger partial charge in [-0.05, 0) is 94.6 Å². The summed E-state index contributed by atoms with van der Waals surface area (Å²) < 4.78 is 40.4. The molecule has 0 radical (unpaired) electrons. The number of hydrogen-bond donors (Lipinski definition) is 10. The SMILES string of the molecule is CN(C(=O)O)[C@@H]1[C@@H](O)[C@@H](O[C@@H]2[C@@H](O)[C@H](O[C@H]3OC(CN)=CC[C@H]3NC(=O)OC(C)(C)C)[C@@H](NC(=O)OC(C)(C)C)C[C@H]2NC(=O)C(O)CCNC(=O)OC(C)(C)C)OC[C@]1(C)O. The van der Waals surface area contributed by atoms with Crippen LogP contribution in [0, 0.1) is 0 Å². The molecule has 5 amide bonds. The number of nitrogens with zero attached hydrogens (tertiary/aromatic N) is 1. The molecule has 0 aromatic carbocycles. The van der Waals surface area contributed by atoms with E-state index in [1.165, 1.54) is 6.92 Å². The highest BCUT2D eigenvalue weighted by Crippen LogP contribution is 2.34. The van der Waals surface area contributed by atoms with Crippen LogP contribution in [0.3, 0.4) is 0 Å². The maximum atomic E-state index is 13.6. The van der Waals surface area contributed by atoms with E-state index in [-0.39, 0.29) is 38.1 Å². The molecule has 3 rings (SSSR count). The number of likely N-dealkylation sites (N-methyl/N-ethyl adjacent to an activating group) is 1. The lowest BCUT2D eigenvalue weighted by atomic mass is 9.82. The first-order chi connectivity index (χ1) is 28.4. The summed E-state index contributed by atoms with van der Waals surface area (Å²) in [5, 5.41) is 65.9. The maximum Gasteiger partial charge on any atom is 0.408 e. The highest BCUT2D eigenvalue weighted by atomic mass is 16.7. The normalized spacial score (nSPS) is 30.9. The van der Waals surface area contributed by atoms with Crippen LogP contribution >= 0.6 is 0 Å². The Balaban J connectivity index is 2.05. The number of hydrogen-bond acceptors (Lipinski definition) is 17. The van der Waals surface area contributed by atoms with Crippen LogP contribution in [0.15, 0.2) is 11.8 Å². The summed E-state index contributed by atoms with van der Waals surface area (Å²) in [6.07, 6.45) is -14.7. The van der Waals surface area contributed by atoms with Gasteiger partial charge >= 0.3 is 24.4 Å². The first kappa shape index (κ1) is 52.1. The van der Waals surface area contributed by atoms with Crippen LogP contribution in [0.25, 0.3) is 0 Å². The van der Waals surface area contributed by atoms with Crippen molar-refractivity contribution in [3.63, 3.8) is 0 Å². The second-order valence-electron chi connectivity index (χ2n) is 18.7. The standard InChI is InChI=1S/C39H68N6O17/c1-36(2,3)60-32(50)41-15-14-23(46)29(49)42-21-16-22(44-34(52)62-38(7,8)9)27(58-30-20(13-12-19(17-40)57-30)43-33(51)61-37(4,5)6)24(47)26(21)59-31-25(48)28(45(11)35(53)54)39(10,55)18-56-31/h12,20-28,30-31,46-48,55H,13-18,40H2,1-11H3,(H,41,50)(H,42,49)(H,43,51)(H,44,52)(H,53,54)/t20-,21-,22+,23?,24-,25-,26+,27-,28-,30-,31-,39+/m1/s1. The van der Waals surface area contributed by atoms with Crippen molar-refractivity contribution in [3.8, 4) is 0 Å². The Bertz CT molecular complexity index is 1590. The van der Waals surface area contributed by atoms with Gasteiger partial charge in [-0.3, -0.25) is 4.79 Å². The van der Waals surface area contributed by atoms with Gasteiger partial charge in [-0.15, -0.1) is 0 Å². The molecule has 1 saturated heterocycles. The zero-order chi connectivity index (χ0) is 47.1. The topological polar surface area (TPSA) is 328 Å². The average Bonchev–Trinajstić information content (AvgIpc) is 3.10. The van der Waals surface area contributed by atoms with Gasteiger partial charge in [0.2, 0.25) is 12.2 Å². The van der Waals surface area contributed by atoms with Crippen molar-refractivity contribution in [2.75, 3.05) is 26.7 Å². The summed E-state index contributed by atoms with van der Waals surface area (Å²) in [7, 11) is 1.12. The number of rotatable bonds is 13. The summed E-state index contributed by atoms with van der Waals surface area (Å²) in [5.41, 5.74) is 1.30. The van der Waals surface area contributed by atoms with Crippen LogP contribution in [-0.4, -0.2) is 177 Å². The molecule has 1 saturated carbocycles. The Morgan fingerprint density at radius 3 is 1.85 bits per heavy atom. The van der Waals surface area contributed by atoms with E-state index in [2.05, 4.69) is 21.3 Å². The molecule has 2 aliphatic heterocycles. The third-order valence-corrected chi connectivity index (χ3v) is 9.57. The minimum Gasteiger partial charge on any atom is -0.466 e. The molecule has 0 spiro atoms. The highest BCUT2D eigenvalue weighted by molar-refractivity contribution is 5.81. The minimum absolute atomic E-state index is 0.0755. The van der Waals surface area contributed by atoms with Gasteiger partial charge in [0.15, 0.2) is 6.29 Å². The number of nitrogens with one attached hydrogen (secondary N) is 4. The Kier molecular flexibility index (Phi) is 17.6. The van der Waals surface area contributed by atoms with Crippen LogP contribution in [0.1, 0.15) is 88.5 Å². The molecule has 3 aliphatic rings. The lowest BCUT2D eigenvalue weighted by molar-refractivity contribution is -0.311. The van der Waals surface area contributed by atoms with Crippen LogP contribution in [0.4, 0.5) is 19.2 Å². The van der Waals surface area contributed by atoms with Gasteiger partial charge < -0.3 is 90.6 Å². The van der Waals surface area contributed by atoms with E-state index in [9.17, 15) is 49.5 Å². The first-order valence-electron chi connectivity index (χ1n) is 20.4. The van der Waals surface area contributed by atoms with Crippen LogP contribution in [0.2, 0.25) is 0 Å². The van der Waals surface area contributed by atoms with Crippen molar-refractivity contribution in [1.29, 1.82) is 0 Å². The van der Waals surface area contributed by atoms with Crippen LogP contribution in [-0.2, 0) is 38.0 Å². The van der Waals surface area contributed by atoms with Gasteiger partial charge in [0.05, 0.1) is 37.3 Å². The molecule has 2 heterocycles. The van der Waals surface area contributed by atoms with E-state index in [1.807, 2.05) is 0 Å². The molecule has 0 bridgehead atoms. The average molecular weight is 893 g/mol. The van der Waals surface area contributed by atoms with Crippen molar-refractivity contribution < 1.29 is 82.7 Å². The van der Waals surface area contributed by atoms with Gasteiger partial charge in [-0.1, -0.05) is 0 Å². The summed E-state index contributed by atoms with van der Waals surface area (Å²) in [6, 6.07) is -5.06.